The molecule has 4 unspecified atom stereocenters. The molecule has 4 aliphatic carbocycles. The van der Waals surface area contributed by atoms with E-state index in [0.29, 0.717) is 21.7 Å². The smallest absolute Gasteiger partial charge is 0.0443 e. The van der Waals surface area contributed by atoms with Crippen LogP contribution in [0.25, 0.3) is 0 Å². The van der Waals surface area contributed by atoms with Crippen LogP contribution in [0.4, 0.5) is 0 Å². The second-order valence-corrected chi connectivity index (χ2v) is 11.1. The molecule has 0 radical (unpaired) electrons. The van der Waals surface area contributed by atoms with E-state index in [1.54, 1.807) is 0 Å². The molecule has 2 heterocycles. The first-order chi connectivity index (χ1) is 13.7. The average Bonchev–Trinajstić information content (AvgIpc) is 3.25. The van der Waals surface area contributed by atoms with Crippen LogP contribution in [0.2, 0.25) is 0 Å². The molecule has 0 amide bonds. The molecular formula is C24H36N4. The highest BCUT2D eigenvalue weighted by Gasteiger charge is 2.59. The number of nitrogens with zero attached hydrogens (tertiary/aromatic N) is 4. The lowest BCUT2D eigenvalue weighted by Crippen LogP contribution is -2.44. The first kappa shape index (κ1) is 17.5. The molecular weight excluding hydrogens is 344 g/mol. The van der Waals surface area contributed by atoms with Crippen molar-refractivity contribution in [3.63, 3.8) is 0 Å². The molecule has 0 spiro atoms. The Kier molecular flexibility index (Phi) is 3.81. The maximum absolute atomic E-state index is 4.89. The van der Waals surface area contributed by atoms with E-state index in [4.69, 9.17) is 10.4 Å². The van der Waals surface area contributed by atoms with E-state index in [-0.39, 0.29) is 0 Å². The van der Waals surface area contributed by atoms with Crippen molar-refractivity contribution in [3.05, 3.63) is 24.3 Å². The zero-order chi connectivity index (χ0) is 18.7. The summed E-state index contributed by atoms with van der Waals surface area (Å²) in [7, 11) is 0. The van der Waals surface area contributed by atoms with Crippen LogP contribution in [0, 0.1) is 21.7 Å². The molecule has 4 fully saturated rings. The van der Waals surface area contributed by atoms with Crippen molar-refractivity contribution in [1.29, 1.82) is 0 Å². The minimum absolute atomic E-state index is 0.479. The number of rotatable bonds is 2. The summed E-state index contributed by atoms with van der Waals surface area (Å²) in [5.74, 6) is 0. The van der Waals surface area contributed by atoms with Gasteiger partial charge in [-0.3, -0.25) is 10.0 Å². The molecule has 0 aromatic heterocycles. The van der Waals surface area contributed by atoms with E-state index in [9.17, 15) is 0 Å². The summed E-state index contributed by atoms with van der Waals surface area (Å²) in [4.78, 5) is 0. The number of hydrogen-bond donors (Lipinski definition) is 0. The van der Waals surface area contributed by atoms with Gasteiger partial charge < -0.3 is 0 Å². The van der Waals surface area contributed by atoms with Gasteiger partial charge in [0.15, 0.2) is 0 Å². The van der Waals surface area contributed by atoms with Crippen LogP contribution in [0.15, 0.2) is 34.8 Å². The zero-order valence-electron chi connectivity index (χ0n) is 17.4. The van der Waals surface area contributed by atoms with Crippen molar-refractivity contribution in [2.24, 2.45) is 32.1 Å². The third-order valence-electron chi connectivity index (χ3n) is 9.97. The molecule has 0 aromatic carbocycles. The Morgan fingerprint density at radius 1 is 0.464 bits per heavy atom. The van der Waals surface area contributed by atoms with Crippen molar-refractivity contribution in [1.82, 2.24) is 10.0 Å². The maximum atomic E-state index is 4.89. The third kappa shape index (κ3) is 2.29. The van der Waals surface area contributed by atoms with E-state index >= 15 is 0 Å². The Morgan fingerprint density at radius 2 is 0.750 bits per heavy atom. The molecule has 2 saturated heterocycles. The monoisotopic (exact) mass is 380 g/mol. The lowest BCUT2D eigenvalue weighted by molar-refractivity contribution is 0.0342. The van der Waals surface area contributed by atoms with Crippen LogP contribution in [0.3, 0.4) is 0 Å². The molecule has 4 heteroatoms. The molecule has 28 heavy (non-hydrogen) atoms. The Hall–Kier alpha value is -1.32. The number of hydrogen-bond acceptors (Lipinski definition) is 2. The van der Waals surface area contributed by atoms with E-state index in [2.05, 4.69) is 34.3 Å². The van der Waals surface area contributed by atoms with E-state index in [1.165, 1.54) is 77.0 Å². The van der Waals surface area contributed by atoms with Gasteiger partial charge in [-0.1, -0.05) is 60.4 Å². The minimum Gasteiger partial charge on any atom is -0.276 e. The molecule has 2 saturated carbocycles. The summed E-state index contributed by atoms with van der Waals surface area (Å²) < 4.78 is 0. The molecule has 6 rings (SSSR count). The molecule has 2 aliphatic heterocycles. The van der Waals surface area contributed by atoms with Crippen LogP contribution in [0.1, 0.15) is 77.0 Å². The second-order valence-electron chi connectivity index (χ2n) is 11.1. The molecule has 0 bridgehead atoms. The molecule has 4 atom stereocenters. The topological polar surface area (TPSA) is 31.2 Å². The van der Waals surface area contributed by atoms with Gasteiger partial charge >= 0.3 is 0 Å². The highest BCUT2D eigenvalue weighted by molar-refractivity contribution is 5.17. The second kappa shape index (κ2) is 6.09. The fourth-order valence-corrected chi connectivity index (χ4v) is 8.42. The first-order valence-corrected chi connectivity index (χ1v) is 11.9. The third-order valence-corrected chi connectivity index (χ3v) is 9.97. The maximum Gasteiger partial charge on any atom is 0.0443 e. The van der Waals surface area contributed by atoms with Crippen LogP contribution in [-0.2, 0) is 0 Å². The van der Waals surface area contributed by atoms with Crippen molar-refractivity contribution in [3.8, 4) is 0 Å². The SMILES string of the molecule is C1=CCC23CCCCC2(C1)CN(N=NN1CC24CC=CCC2(CCCC4)C1)C3. The molecule has 6 aliphatic rings. The number of allylic oxidation sites excluding steroid dienone is 4. The Balaban J connectivity index is 1.20. The lowest BCUT2D eigenvalue weighted by Gasteiger charge is -2.49. The average molecular weight is 381 g/mol. The summed E-state index contributed by atoms with van der Waals surface area (Å²) in [6.45, 7) is 4.53. The van der Waals surface area contributed by atoms with E-state index < -0.39 is 0 Å². The largest absolute Gasteiger partial charge is 0.276 e. The van der Waals surface area contributed by atoms with E-state index in [0.717, 1.165) is 26.2 Å². The fourth-order valence-electron chi connectivity index (χ4n) is 8.42. The van der Waals surface area contributed by atoms with Crippen molar-refractivity contribution < 1.29 is 0 Å². The Labute approximate surface area is 170 Å². The van der Waals surface area contributed by atoms with Crippen molar-refractivity contribution in [2.75, 3.05) is 26.2 Å². The van der Waals surface area contributed by atoms with Gasteiger partial charge in [-0.25, -0.2) is 0 Å². The van der Waals surface area contributed by atoms with Gasteiger partial charge in [0.1, 0.15) is 0 Å². The van der Waals surface area contributed by atoms with Gasteiger partial charge in [-0.05, 0) is 51.4 Å². The van der Waals surface area contributed by atoms with Gasteiger partial charge in [0.25, 0.3) is 0 Å². The highest BCUT2D eigenvalue weighted by Crippen LogP contribution is 2.63. The Morgan fingerprint density at radius 3 is 1.04 bits per heavy atom. The molecule has 0 N–H and O–H groups in total. The van der Waals surface area contributed by atoms with Gasteiger partial charge in [0, 0.05) is 47.8 Å². The highest BCUT2D eigenvalue weighted by atomic mass is 15.7. The summed E-state index contributed by atoms with van der Waals surface area (Å²) in [6.07, 6.45) is 26.1. The summed E-state index contributed by atoms with van der Waals surface area (Å²) in [6, 6.07) is 0. The first-order valence-electron chi connectivity index (χ1n) is 11.9. The lowest BCUT2D eigenvalue weighted by atomic mass is 9.53. The van der Waals surface area contributed by atoms with Gasteiger partial charge in [0.05, 0.1) is 0 Å². The quantitative estimate of drug-likeness (QED) is 0.455. The predicted molar refractivity (Wildman–Crippen MR) is 111 cm³/mol. The minimum atomic E-state index is 0.479. The summed E-state index contributed by atoms with van der Waals surface area (Å²) in [5, 5.41) is 14.5. The normalized spacial score (nSPS) is 47.1. The van der Waals surface area contributed by atoms with Crippen LogP contribution in [0.5, 0.6) is 0 Å². The zero-order valence-corrected chi connectivity index (χ0v) is 17.4. The standard InChI is InChI=1S/C24H36N4/c1-2-10-22-12-4-3-11-21(22,9-1)17-27(18-22)25-26-28-19-23-13-5-6-14-24(23,20-28)16-8-7-15-23/h1-2,5-6H,3-4,7-20H2. The Bertz CT molecular complexity index is 616. The molecule has 152 valence electrons. The van der Waals surface area contributed by atoms with E-state index in [1.807, 2.05) is 0 Å². The predicted octanol–water partition coefficient (Wildman–Crippen LogP) is 5.69. The fraction of sp³-hybridized carbons (Fsp3) is 0.833. The van der Waals surface area contributed by atoms with Crippen LogP contribution < -0.4 is 0 Å². The molecule has 4 nitrogen and oxygen atoms in total. The van der Waals surface area contributed by atoms with Crippen molar-refractivity contribution in [2.45, 2.75) is 77.0 Å². The van der Waals surface area contributed by atoms with Gasteiger partial charge in [0.2, 0.25) is 0 Å². The van der Waals surface area contributed by atoms with Gasteiger partial charge in [-0.15, -0.1) is 0 Å². The summed E-state index contributed by atoms with van der Waals surface area (Å²) >= 11 is 0. The van der Waals surface area contributed by atoms with Crippen LogP contribution in [-0.4, -0.2) is 36.2 Å². The van der Waals surface area contributed by atoms with Gasteiger partial charge in [-0.2, -0.15) is 0 Å². The van der Waals surface area contributed by atoms with Crippen molar-refractivity contribution >= 4 is 0 Å². The summed E-state index contributed by atoms with van der Waals surface area (Å²) in [5.41, 5.74) is 1.92. The van der Waals surface area contributed by atoms with Crippen LogP contribution >= 0.6 is 0 Å². The molecule has 0 aromatic rings.